The molecule has 2 fully saturated rings. The second kappa shape index (κ2) is 4.39. The summed E-state index contributed by atoms with van der Waals surface area (Å²) in [7, 11) is 0. The molecule has 0 radical (unpaired) electrons. The van der Waals surface area contributed by atoms with Crippen LogP contribution in [0.5, 0.6) is 5.75 Å². The second-order valence-corrected chi connectivity index (χ2v) is 5.87. The third kappa shape index (κ3) is 1.81. The average Bonchev–Trinajstić information content (AvgIpc) is 2.85. The van der Waals surface area contributed by atoms with Crippen LogP contribution < -0.4 is 10.5 Å². The first-order valence-electron chi connectivity index (χ1n) is 6.49. The number of rotatable bonds is 2. The molecule has 18 heavy (non-hydrogen) atoms. The highest BCUT2D eigenvalue weighted by Crippen LogP contribution is 2.53. The molecular weight excluding hydrogens is 253 g/mol. The van der Waals surface area contributed by atoms with Gasteiger partial charge in [0.15, 0.2) is 0 Å². The van der Waals surface area contributed by atoms with E-state index < -0.39 is 5.82 Å². The van der Waals surface area contributed by atoms with Gasteiger partial charge >= 0.3 is 0 Å². The van der Waals surface area contributed by atoms with Crippen LogP contribution >= 0.6 is 11.6 Å². The fourth-order valence-electron chi connectivity index (χ4n) is 3.38. The number of nitrogens with two attached hydrogens (primary N) is 1. The molecule has 1 aromatic rings. The van der Waals surface area contributed by atoms with Gasteiger partial charge < -0.3 is 10.5 Å². The van der Waals surface area contributed by atoms with Crippen molar-refractivity contribution in [1.82, 2.24) is 0 Å². The normalized spacial score (nSPS) is 29.3. The Morgan fingerprint density at radius 1 is 1.33 bits per heavy atom. The fraction of sp³-hybridized carbons (Fsp3) is 0.571. The molecule has 4 heteroatoms. The molecule has 0 amide bonds. The summed E-state index contributed by atoms with van der Waals surface area (Å²) >= 11 is 5.66. The topological polar surface area (TPSA) is 35.2 Å². The van der Waals surface area contributed by atoms with Gasteiger partial charge in [0.25, 0.3) is 0 Å². The number of benzene rings is 1. The quantitative estimate of drug-likeness (QED) is 0.892. The molecular formula is C14H17ClFNO. The van der Waals surface area contributed by atoms with Crippen molar-refractivity contribution >= 4 is 11.6 Å². The number of hydrogen-bond acceptors (Lipinski definition) is 2. The number of hydrogen-bond donors (Lipinski definition) is 1. The van der Waals surface area contributed by atoms with Gasteiger partial charge in [0, 0.05) is 23.9 Å². The van der Waals surface area contributed by atoms with Crippen molar-refractivity contribution in [2.45, 2.75) is 44.2 Å². The zero-order valence-electron chi connectivity index (χ0n) is 10.2. The van der Waals surface area contributed by atoms with E-state index in [2.05, 4.69) is 0 Å². The largest absolute Gasteiger partial charge is 0.490 e. The van der Waals surface area contributed by atoms with Crippen LogP contribution in [-0.2, 0) is 0 Å². The lowest BCUT2D eigenvalue weighted by Gasteiger charge is -2.52. The van der Waals surface area contributed by atoms with E-state index in [0.29, 0.717) is 5.75 Å². The molecule has 0 heterocycles. The van der Waals surface area contributed by atoms with E-state index in [1.54, 1.807) is 6.07 Å². The van der Waals surface area contributed by atoms with Crippen LogP contribution in [0.4, 0.5) is 4.39 Å². The van der Waals surface area contributed by atoms with Gasteiger partial charge in [0.1, 0.15) is 17.7 Å². The van der Waals surface area contributed by atoms with Crippen molar-refractivity contribution in [3.63, 3.8) is 0 Å². The molecule has 2 aliphatic carbocycles. The summed E-state index contributed by atoms with van der Waals surface area (Å²) in [6.07, 6.45) is 5.72. The van der Waals surface area contributed by atoms with Crippen LogP contribution in [0.1, 0.15) is 32.1 Å². The molecule has 2 saturated carbocycles. The molecule has 98 valence electrons. The van der Waals surface area contributed by atoms with Gasteiger partial charge in [0.2, 0.25) is 0 Å². The van der Waals surface area contributed by atoms with Gasteiger partial charge in [-0.25, -0.2) is 4.39 Å². The van der Waals surface area contributed by atoms with E-state index in [1.807, 2.05) is 0 Å². The summed E-state index contributed by atoms with van der Waals surface area (Å²) in [5, 5.41) is 0.128. The molecule has 2 aliphatic rings. The first kappa shape index (κ1) is 12.2. The molecule has 2 unspecified atom stereocenters. The molecule has 2 N–H and O–H groups in total. The zero-order valence-corrected chi connectivity index (χ0v) is 10.9. The Morgan fingerprint density at radius 2 is 2.06 bits per heavy atom. The van der Waals surface area contributed by atoms with Crippen molar-refractivity contribution in [1.29, 1.82) is 0 Å². The lowest BCUT2D eigenvalue weighted by Crippen LogP contribution is -2.62. The monoisotopic (exact) mass is 269 g/mol. The third-order valence-corrected chi connectivity index (χ3v) is 4.86. The Bertz CT molecular complexity index is 459. The van der Waals surface area contributed by atoms with Crippen molar-refractivity contribution in [2.24, 2.45) is 11.1 Å². The van der Waals surface area contributed by atoms with E-state index in [-0.39, 0.29) is 22.6 Å². The molecule has 0 aromatic heterocycles. The Kier molecular flexibility index (Phi) is 2.99. The predicted octanol–water partition coefficient (Wildman–Crippen LogP) is 3.52. The van der Waals surface area contributed by atoms with Gasteiger partial charge in [-0.1, -0.05) is 24.4 Å². The Balaban J connectivity index is 1.75. The average molecular weight is 270 g/mol. The molecule has 2 atom stereocenters. The van der Waals surface area contributed by atoms with E-state index in [0.717, 1.165) is 19.3 Å². The van der Waals surface area contributed by atoms with E-state index in [9.17, 15) is 4.39 Å². The predicted molar refractivity (Wildman–Crippen MR) is 69.3 cm³/mol. The standard InChI is InChI=1S/C14H17ClFNO/c15-10-4-3-9(7-11(10)16)18-13-8-12(17)14(13)5-1-2-6-14/h3-4,7,12-13H,1-2,5-6,8,17H2. The van der Waals surface area contributed by atoms with E-state index >= 15 is 0 Å². The first-order chi connectivity index (χ1) is 8.62. The molecule has 0 aliphatic heterocycles. The fourth-order valence-corrected chi connectivity index (χ4v) is 3.50. The van der Waals surface area contributed by atoms with Gasteiger partial charge in [-0.3, -0.25) is 0 Å². The summed E-state index contributed by atoms with van der Waals surface area (Å²) in [6, 6.07) is 4.85. The first-order valence-corrected chi connectivity index (χ1v) is 6.87. The summed E-state index contributed by atoms with van der Waals surface area (Å²) in [6.45, 7) is 0. The summed E-state index contributed by atoms with van der Waals surface area (Å²) < 4.78 is 19.3. The van der Waals surface area contributed by atoms with Crippen molar-refractivity contribution in [3.8, 4) is 5.75 Å². The molecule has 0 bridgehead atoms. The van der Waals surface area contributed by atoms with Crippen LogP contribution in [0.3, 0.4) is 0 Å². The highest BCUT2D eigenvalue weighted by atomic mass is 35.5. The third-order valence-electron chi connectivity index (χ3n) is 4.55. The van der Waals surface area contributed by atoms with Gasteiger partial charge in [0.05, 0.1) is 5.02 Å². The minimum absolute atomic E-state index is 0.128. The summed E-state index contributed by atoms with van der Waals surface area (Å²) in [5.74, 6) is 0.123. The molecule has 1 spiro atoms. The van der Waals surface area contributed by atoms with Crippen LogP contribution in [0.25, 0.3) is 0 Å². The highest BCUT2D eigenvalue weighted by molar-refractivity contribution is 6.30. The lowest BCUT2D eigenvalue weighted by molar-refractivity contribution is -0.0621. The smallest absolute Gasteiger partial charge is 0.145 e. The summed E-state index contributed by atoms with van der Waals surface area (Å²) in [5.41, 5.74) is 6.28. The van der Waals surface area contributed by atoms with Crippen LogP contribution in [-0.4, -0.2) is 12.1 Å². The molecule has 2 nitrogen and oxygen atoms in total. The number of halogens is 2. The van der Waals surface area contributed by atoms with Gasteiger partial charge in [-0.15, -0.1) is 0 Å². The maximum absolute atomic E-state index is 13.4. The Labute approximate surface area is 111 Å². The van der Waals surface area contributed by atoms with Crippen molar-refractivity contribution in [2.75, 3.05) is 0 Å². The summed E-state index contributed by atoms with van der Waals surface area (Å²) in [4.78, 5) is 0. The van der Waals surface area contributed by atoms with Crippen molar-refractivity contribution in [3.05, 3.63) is 29.0 Å². The maximum Gasteiger partial charge on any atom is 0.145 e. The van der Waals surface area contributed by atoms with Crippen LogP contribution in [0, 0.1) is 11.2 Å². The minimum Gasteiger partial charge on any atom is -0.490 e. The molecule has 3 rings (SSSR count). The number of ether oxygens (including phenoxy) is 1. The minimum atomic E-state index is -0.432. The maximum atomic E-state index is 13.4. The molecule has 1 aromatic carbocycles. The Morgan fingerprint density at radius 3 is 2.67 bits per heavy atom. The molecule has 0 saturated heterocycles. The zero-order chi connectivity index (χ0) is 12.8. The van der Waals surface area contributed by atoms with E-state index in [1.165, 1.54) is 25.0 Å². The van der Waals surface area contributed by atoms with Gasteiger partial charge in [-0.05, 0) is 25.0 Å². The Hall–Kier alpha value is -0.800. The van der Waals surface area contributed by atoms with Crippen molar-refractivity contribution < 1.29 is 9.13 Å². The van der Waals surface area contributed by atoms with Crippen LogP contribution in [0.2, 0.25) is 5.02 Å². The van der Waals surface area contributed by atoms with Crippen LogP contribution in [0.15, 0.2) is 18.2 Å². The lowest BCUT2D eigenvalue weighted by atomic mass is 9.61. The SMILES string of the molecule is NC1CC(Oc2ccc(Cl)c(F)c2)C12CCCC2. The van der Waals surface area contributed by atoms with E-state index in [4.69, 9.17) is 22.1 Å². The second-order valence-electron chi connectivity index (χ2n) is 5.46. The highest BCUT2D eigenvalue weighted by Gasteiger charge is 2.56. The van der Waals surface area contributed by atoms with Gasteiger partial charge in [-0.2, -0.15) is 0 Å².